The average molecular weight is 298 g/mol. The van der Waals surface area contributed by atoms with Gasteiger partial charge in [-0.05, 0) is 38.9 Å². The first kappa shape index (κ1) is 15.7. The van der Waals surface area contributed by atoms with E-state index in [4.69, 9.17) is 0 Å². The number of carbonyl (C=O) groups excluding carboxylic acids is 1. The number of piperidine rings is 1. The number of rotatable bonds is 4. The van der Waals surface area contributed by atoms with Crippen molar-refractivity contribution in [2.45, 2.75) is 31.9 Å². The predicted molar refractivity (Wildman–Crippen MR) is 75.7 cm³/mol. The fourth-order valence-corrected chi connectivity index (χ4v) is 2.47. The second-order valence-electron chi connectivity index (χ2n) is 5.48. The molecule has 1 aromatic rings. The number of nitrogens with zero attached hydrogens (tertiary/aromatic N) is 1. The molecule has 0 aromatic heterocycles. The summed E-state index contributed by atoms with van der Waals surface area (Å²) >= 11 is 0. The highest BCUT2D eigenvalue weighted by Gasteiger charge is 2.31. The van der Waals surface area contributed by atoms with Gasteiger partial charge in [0.25, 0.3) is 5.91 Å². The van der Waals surface area contributed by atoms with Crippen LogP contribution in [0.4, 0.5) is 8.78 Å². The molecule has 0 saturated carbocycles. The molecule has 1 N–H and O–H groups in total. The van der Waals surface area contributed by atoms with Crippen LogP contribution in [0.1, 0.15) is 30.1 Å². The van der Waals surface area contributed by atoms with Gasteiger partial charge in [-0.1, -0.05) is 12.1 Å². The molecular weight excluding hydrogens is 278 g/mol. The van der Waals surface area contributed by atoms with E-state index in [2.05, 4.69) is 17.0 Å². The highest BCUT2D eigenvalue weighted by molar-refractivity contribution is 5.97. The molecule has 1 saturated heterocycles. The van der Waals surface area contributed by atoms with Crippen molar-refractivity contribution in [1.29, 1.82) is 0 Å². The lowest BCUT2D eigenvalue weighted by Gasteiger charge is -2.39. The Morgan fingerprint density at radius 3 is 2.52 bits per heavy atom. The molecule has 4 nitrogen and oxygen atoms in total. The maximum atomic E-state index is 12.5. The van der Waals surface area contributed by atoms with Crippen molar-refractivity contribution in [3.05, 3.63) is 29.8 Å². The van der Waals surface area contributed by atoms with Gasteiger partial charge in [0.1, 0.15) is 5.75 Å². The molecule has 2 rings (SSSR count). The lowest BCUT2D eigenvalue weighted by Crippen LogP contribution is -2.51. The molecule has 0 atom stereocenters. The third-order valence-corrected chi connectivity index (χ3v) is 4.09. The minimum Gasteiger partial charge on any atom is -0.434 e. The average Bonchev–Trinajstić information content (AvgIpc) is 2.47. The number of alkyl halides is 2. The van der Waals surface area contributed by atoms with E-state index in [-0.39, 0.29) is 22.8 Å². The van der Waals surface area contributed by atoms with Crippen molar-refractivity contribution in [3.63, 3.8) is 0 Å². The van der Waals surface area contributed by atoms with Crippen LogP contribution in [0.25, 0.3) is 0 Å². The molecule has 1 aromatic carbocycles. The normalized spacial score (nSPS) is 17.9. The van der Waals surface area contributed by atoms with Crippen LogP contribution in [0.5, 0.6) is 5.75 Å². The van der Waals surface area contributed by atoms with Gasteiger partial charge >= 0.3 is 6.61 Å². The van der Waals surface area contributed by atoms with Crippen molar-refractivity contribution in [2.75, 3.05) is 20.1 Å². The summed E-state index contributed by atoms with van der Waals surface area (Å²) in [5.74, 6) is -0.330. The largest absolute Gasteiger partial charge is 0.434 e. The van der Waals surface area contributed by atoms with E-state index < -0.39 is 6.61 Å². The van der Waals surface area contributed by atoms with Gasteiger partial charge in [0.15, 0.2) is 0 Å². The Hall–Kier alpha value is -1.69. The zero-order chi connectivity index (χ0) is 15.5. The third-order valence-electron chi connectivity index (χ3n) is 4.09. The molecule has 1 heterocycles. The topological polar surface area (TPSA) is 41.6 Å². The molecule has 0 spiro atoms. The molecule has 0 unspecified atom stereocenters. The first-order valence-corrected chi connectivity index (χ1v) is 6.97. The predicted octanol–water partition coefficient (Wildman–Crippen LogP) is 2.50. The SMILES string of the molecule is CNC1(C)CCN(C(=O)c2ccccc2OC(F)F)CC1. The van der Waals surface area contributed by atoms with Gasteiger partial charge in [-0.15, -0.1) is 0 Å². The Morgan fingerprint density at radius 2 is 1.95 bits per heavy atom. The summed E-state index contributed by atoms with van der Waals surface area (Å²) in [5.41, 5.74) is 0.210. The summed E-state index contributed by atoms with van der Waals surface area (Å²) in [6.07, 6.45) is 1.65. The van der Waals surface area contributed by atoms with Gasteiger partial charge in [0, 0.05) is 18.6 Å². The maximum absolute atomic E-state index is 12.5. The summed E-state index contributed by atoms with van der Waals surface area (Å²) in [4.78, 5) is 14.2. The Labute approximate surface area is 123 Å². The number of carbonyl (C=O) groups is 1. The standard InChI is InChI=1S/C15H20F2N2O2/c1-15(18-2)7-9-19(10-8-15)13(20)11-5-3-4-6-12(11)21-14(16)17/h3-6,14,18H,7-10H2,1-2H3. The molecule has 0 aliphatic carbocycles. The number of para-hydroxylation sites is 1. The summed E-state index contributed by atoms with van der Waals surface area (Å²) in [6, 6.07) is 6.13. The van der Waals surface area contributed by atoms with Crippen molar-refractivity contribution >= 4 is 5.91 Å². The molecule has 0 bridgehead atoms. The van der Waals surface area contributed by atoms with Crippen LogP contribution in [0.15, 0.2) is 24.3 Å². The van der Waals surface area contributed by atoms with Gasteiger partial charge in [-0.2, -0.15) is 8.78 Å². The summed E-state index contributed by atoms with van der Waals surface area (Å²) in [6.45, 7) is 0.369. The lowest BCUT2D eigenvalue weighted by atomic mass is 9.89. The Kier molecular flexibility index (Phi) is 4.77. The van der Waals surface area contributed by atoms with E-state index in [1.807, 2.05) is 7.05 Å². The molecule has 1 fully saturated rings. The van der Waals surface area contributed by atoms with Crippen molar-refractivity contribution in [3.8, 4) is 5.75 Å². The smallest absolute Gasteiger partial charge is 0.387 e. The first-order valence-electron chi connectivity index (χ1n) is 6.97. The highest BCUT2D eigenvalue weighted by atomic mass is 19.3. The number of nitrogens with one attached hydrogen (secondary N) is 1. The van der Waals surface area contributed by atoms with Crippen LogP contribution in [-0.4, -0.2) is 43.1 Å². The minimum absolute atomic E-state index is 0.0236. The van der Waals surface area contributed by atoms with Gasteiger partial charge in [0.2, 0.25) is 0 Å². The Morgan fingerprint density at radius 1 is 1.33 bits per heavy atom. The zero-order valence-corrected chi connectivity index (χ0v) is 12.2. The van der Waals surface area contributed by atoms with E-state index in [9.17, 15) is 13.6 Å². The second-order valence-corrected chi connectivity index (χ2v) is 5.48. The number of hydrogen-bond donors (Lipinski definition) is 1. The number of ether oxygens (including phenoxy) is 1. The molecular formula is C15H20F2N2O2. The van der Waals surface area contributed by atoms with Crippen LogP contribution in [0.2, 0.25) is 0 Å². The molecule has 116 valence electrons. The van der Waals surface area contributed by atoms with Crippen LogP contribution in [-0.2, 0) is 0 Å². The van der Waals surface area contributed by atoms with E-state index in [0.29, 0.717) is 13.1 Å². The molecule has 1 aliphatic heterocycles. The van der Waals surface area contributed by atoms with Gasteiger partial charge in [-0.3, -0.25) is 4.79 Å². The van der Waals surface area contributed by atoms with Crippen molar-refractivity contribution in [2.24, 2.45) is 0 Å². The van der Waals surface area contributed by atoms with Gasteiger partial charge in [0.05, 0.1) is 5.56 Å². The fourth-order valence-electron chi connectivity index (χ4n) is 2.47. The van der Waals surface area contributed by atoms with Crippen LogP contribution in [0, 0.1) is 0 Å². The van der Waals surface area contributed by atoms with Crippen molar-refractivity contribution in [1.82, 2.24) is 10.2 Å². The summed E-state index contributed by atoms with van der Waals surface area (Å²) < 4.78 is 29.2. The molecule has 1 aliphatic rings. The van der Waals surface area contributed by atoms with E-state index in [1.165, 1.54) is 12.1 Å². The molecule has 0 radical (unpaired) electrons. The fraction of sp³-hybridized carbons (Fsp3) is 0.533. The monoisotopic (exact) mass is 298 g/mol. The summed E-state index contributed by atoms with van der Waals surface area (Å²) in [7, 11) is 1.91. The van der Waals surface area contributed by atoms with E-state index >= 15 is 0 Å². The highest BCUT2D eigenvalue weighted by Crippen LogP contribution is 2.26. The van der Waals surface area contributed by atoms with E-state index in [1.54, 1.807) is 17.0 Å². The third kappa shape index (κ3) is 3.69. The lowest BCUT2D eigenvalue weighted by molar-refractivity contribution is -0.0503. The number of benzene rings is 1. The minimum atomic E-state index is -2.94. The maximum Gasteiger partial charge on any atom is 0.387 e. The number of hydrogen-bond acceptors (Lipinski definition) is 3. The quantitative estimate of drug-likeness (QED) is 0.928. The number of likely N-dealkylation sites (tertiary alicyclic amines) is 1. The second kappa shape index (κ2) is 6.39. The van der Waals surface area contributed by atoms with E-state index in [0.717, 1.165) is 12.8 Å². The van der Waals surface area contributed by atoms with Crippen molar-refractivity contribution < 1.29 is 18.3 Å². The Bertz CT molecular complexity index is 500. The Balaban J connectivity index is 2.11. The number of halogens is 2. The zero-order valence-electron chi connectivity index (χ0n) is 12.2. The van der Waals surface area contributed by atoms with Crippen LogP contribution < -0.4 is 10.1 Å². The van der Waals surface area contributed by atoms with Gasteiger partial charge < -0.3 is 15.0 Å². The molecule has 1 amide bonds. The van der Waals surface area contributed by atoms with Gasteiger partial charge in [-0.25, -0.2) is 0 Å². The molecule has 21 heavy (non-hydrogen) atoms. The first-order chi connectivity index (χ1) is 9.95. The number of amides is 1. The van der Waals surface area contributed by atoms with Crippen LogP contribution in [0.3, 0.4) is 0 Å². The molecule has 6 heteroatoms. The van der Waals surface area contributed by atoms with Crippen LogP contribution >= 0.6 is 0 Å². The summed E-state index contributed by atoms with van der Waals surface area (Å²) in [5, 5.41) is 3.26.